The van der Waals surface area contributed by atoms with E-state index in [0.29, 0.717) is 27.8 Å². The summed E-state index contributed by atoms with van der Waals surface area (Å²) in [5.74, 6) is 1.46. The maximum absolute atomic E-state index is 14.5. The van der Waals surface area contributed by atoms with E-state index < -0.39 is 0 Å². The van der Waals surface area contributed by atoms with Crippen LogP contribution >= 0.6 is 11.6 Å². The highest BCUT2D eigenvalue weighted by molar-refractivity contribution is 6.31. The lowest BCUT2D eigenvalue weighted by molar-refractivity contribution is 0.302. The van der Waals surface area contributed by atoms with Crippen LogP contribution in [0, 0.1) is 12.7 Å². The fourth-order valence-corrected chi connectivity index (χ4v) is 3.73. The molecule has 1 heterocycles. The largest absolute Gasteiger partial charge is 0.487 e. The first-order valence-electron chi connectivity index (χ1n) is 9.24. The molecule has 3 aromatic rings. The molecule has 1 aliphatic carbocycles. The van der Waals surface area contributed by atoms with Crippen molar-refractivity contribution in [3.63, 3.8) is 0 Å². The minimum absolute atomic E-state index is 0.279. The molecule has 0 atom stereocenters. The molecule has 0 spiro atoms. The van der Waals surface area contributed by atoms with Gasteiger partial charge >= 0.3 is 0 Å². The molecule has 3 nitrogen and oxygen atoms in total. The van der Waals surface area contributed by atoms with Crippen LogP contribution in [0.5, 0.6) is 5.75 Å². The van der Waals surface area contributed by atoms with E-state index in [1.54, 1.807) is 12.3 Å². The van der Waals surface area contributed by atoms with Gasteiger partial charge in [-0.2, -0.15) is 0 Å². The van der Waals surface area contributed by atoms with Gasteiger partial charge in [-0.25, -0.2) is 9.37 Å². The maximum atomic E-state index is 14.5. The van der Waals surface area contributed by atoms with Crippen molar-refractivity contribution in [2.24, 2.45) is 0 Å². The van der Waals surface area contributed by atoms with Gasteiger partial charge < -0.3 is 9.15 Å². The zero-order valence-corrected chi connectivity index (χ0v) is 15.9. The Morgan fingerprint density at radius 2 is 1.96 bits per heavy atom. The van der Waals surface area contributed by atoms with Crippen molar-refractivity contribution in [3.05, 3.63) is 70.6 Å². The topological polar surface area (TPSA) is 35.3 Å². The van der Waals surface area contributed by atoms with Crippen LogP contribution in [0.25, 0.3) is 11.1 Å². The summed E-state index contributed by atoms with van der Waals surface area (Å²) in [5, 5.41) is 0.414. The first-order chi connectivity index (χ1) is 13.1. The van der Waals surface area contributed by atoms with Crippen LogP contribution in [-0.4, -0.2) is 4.98 Å². The zero-order valence-electron chi connectivity index (χ0n) is 15.2. The molecule has 4 rings (SSSR count). The summed E-state index contributed by atoms with van der Waals surface area (Å²) in [6, 6.07) is 10.5. The Morgan fingerprint density at radius 3 is 2.78 bits per heavy atom. The highest BCUT2D eigenvalue weighted by atomic mass is 35.5. The number of para-hydroxylation sites is 1. The summed E-state index contributed by atoms with van der Waals surface area (Å²) >= 11 is 6.02. The first kappa shape index (κ1) is 18.1. The van der Waals surface area contributed by atoms with E-state index in [4.69, 9.17) is 20.8 Å². The van der Waals surface area contributed by atoms with Gasteiger partial charge in [0.05, 0.1) is 0 Å². The van der Waals surface area contributed by atoms with Crippen molar-refractivity contribution in [1.82, 2.24) is 4.98 Å². The van der Waals surface area contributed by atoms with E-state index >= 15 is 0 Å². The average Bonchev–Trinajstić information content (AvgIpc) is 3.35. The van der Waals surface area contributed by atoms with Crippen LogP contribution in [0.15, 0.2) is 47.1 Å². The quantitative estimate of drug-likeness (QED) is 0.491. The predicted molar refractivity (Wildman–Crippen MR) is 104 cm³/mol. The normalized spacial score (nSPS) is 14.6. The Balaban J connectivity index is 1.55. The number of oxazole rings is 1. The van der Waals surface area contributed by atoms with Crippen LogP contribution in [-0.2, 0) is 6.61 Å². The molecule has 0 aliphatic heterocycles. The van der Waals surface area contributed by atoms with Crippen LogP contribution in [0.2, 0.25) is 5.02 Å². The fraction of sp³-hybridized carbons (Fsp3) is 0.318. The zero-order chi connectivity index (χ0) is 18.8. The number of rotatable bonds is 5. The van der Waals surface area contributed by atoms with Crippen LogP contribution < -0.4 is 4.74 Å². The molecule has 0 unspecified atom stereocenters. The van der Waals surface area contributed by atoms with Crippen molar-refractivity contribution in [2.45, 2.75) is 45.1 Å². The summed E-state index contributed by atoms with van der Waals surface area (Å²) in [7, 11) is 0. The van der Waals surface area contributed by atoms with Gasteiger partial charge in [0.25, 0.3) is 0 Å². The second-order valence-corrected chi connectivity index (χ2v) is 7.43. The monoisotopic (exact) mass is 385 g/mol. The molecule has 0 N–H and O–H groups in total. The lowest BCUT2D eigenvalue weighted by atomic mass is 10.0. The molecule has 140 valence electrons. The number of halogens is 2. The van der Waals surface area contributed by atoms with Gasteiger partial charge in [0.2, 0.25) is 0 Å². The van der Waals surface area contributed by atoms with E-state index in [2.05, 4.69) is 4.98 Å². The van der Waals surface area contributed by atoms with Crippen LogP contribution in [0.4, 0.5) is 4.39 Å². The summed E-state index contributed by atoms with van der Waals surface area (Å²) < 4.78 is 26.1. The Bertz CT molecular complexity index is 947. The average molecular weight is 386 g/mol. The minimum atomic E-state index is -0.369. The standard InChI is InChI=1S/C22H21ClFNO2/c1-14-10-18(20(24)11-19(14)23)17-8-4-5-9-21(17)26-12-16-13-27-22(25-16)15-6-2-3-7-15/h4-5,8-11,13,15H,2-3,6-7,12H2,1H3. The molecule has 0 bridgehead atoms. The van der Waals surface area contributed by atoms with E-state index in [-0.39, 0.29) is 12.4 Å². The minimum Gasteiger partial charge on any atom is -0.487 e. The molecule has 1 aliphatic rings. The molecule has 1 fully saturated rings. The Labute approximate surface area is 163 Å². The molecule has 0 radical (unpaired) electrons. The second-order valence-electron chi connectivity index (χ2n) is 7.02. The van der Waals surface area contributed by atoms with E-state index in [0.717, 1.165) is 30.0 Å². The molecule has 0 saturated heterocycles. The molecule has 5 heteroatoms. The number of nitrogens with zero attached hydrogens (tertiary/aromatic N) is 1. The number of hydrogen-bond acceptors (Lipinski definition) is 3. The predicted octanol–water partition coefficient (Wildman–Crippen LogP) is 6.68. The van der Waals surface area contributed by atoms with Crippen LogP contribution in [0.1, 0.15) is 48.7 Å². The lowest BCUT2D eigenvalue weighted by Crippen LogP contribution is -1.99. The Kier molecular flexibility index (Phi) is 5.17. The Morgan fingerprint density at radius 1 is 1.19 bits per heavy atom. The Hall–Kier alpha value is -2.33. The summed E-state index contributed by atoms with van der Waals surface area (Å²) in [5.41, 5.74) is 2.73. The SMILES string of the molecule is Cc1cc(-c2ccccc2OCc2coc(C3CCCC3)n2)c(F)cc1Cl. The molecule has 1 aromatic heterocycles. The summed E-state index contributed by atoms with van der Waals surface area (Å²) in [6.07, 6.45) is 6.40. The highest BCUT2D eigenvalue weighted by Crippen LogP contribution is 2.36. The molecule has 27 heavy (non-hydrogen) atoms. The molecular weight excluding hydrogens is 365 g/mol. The van der Waals surface area contributed by atoms with Crippen LogP contribution in [0.3, 0.4) is 0 Å². The van der Waals surface area contributed by atoms with Crippen molar-refractivity contribution < 1.29 is 13.5 Å². The fourth-order valence-electron chi connectivity index (χ4n) is 3.58. The number of ether oxygens (including phenoxy) is 1. The van der Waals surface area contributed by atoms with E-state index in [1.165, 1.54) is 18.9 Å². The second kappa shape index (κ2) is 7.73. The number of aryl methyl sites for hydroxylation is 1. The molecule has 1 saturated carbocycles. The van der Waals surface area contributed by atoms with Gasteiger partial charge in [-0.3, -0.25) is 0 Å². The van der Waals surface area contributed by atoms with Crippen molar-refractivity contribution in [2.75, 3.05) is 0 Å². The van der Waals surface area contributed by atoms with Gasteiger partial charge in [0.1, 0.15) is 30.1 Å². The maximum Gasteiger partial charge on any atom is 0.197 e. The third-order valence-corrected chi connectivity index (χ3v) is 5.48. The molecular formula is C22H21ClFNO2. The highest BCUT2D eigenvalue weighted by Gasteiger charge is 2.22. The van der Waals surface area contributed by atoms with Crippen molar-refractivity contribution >= 4 is 11.6 Å². The van der Waals surface area contributed by atoms with Gasteiger partial charge in [0, 0.05) is 22.1 Å². The van der Waals surface area contributed by atoms with Gasteiger partial charge in [-0.1, -0.05) is 42.6 Å². The van der Waals surface area contributed by atoms with Gasteiger partial charge in [0.15, 0.2) is 5.89 Å². The van der Waals surface area contributed by atoms with Crippen molar-refractivity contribution in [1.29, 1.82) is 0 Å². The lowest BCUT2D eigenvalue weighted by Gasteiger charge is -2.12. The van der Waals surface area contributed by atoms with Gasteiger partial charge in [-0.15, -0.1) is 0 Å². The first-order valence-corrected chi connectivity index (χ1v) is 9.62. The van der Waals surface area contributed by atoms with E-state index in [9.17, 15) is 4.39 Å². The van der Waals surface area contributed by atoms with Gasteiger partial charge in [-0.05, 0) is 43.5 Å². The third-order valence-electron chi connectivity index (χ3n) is 5.08. The molecule has 0 amide bonds. The number of benzene rings is 2. The van der Waals surface area contributed by atoms with E-state index in [1.807, 2.05) is 31.2 Å². The van der Waals surface area contributed by atoms with Crippen molar-refractivity contribution in [3.8, 4) is 16.9 Å². The third kappa shape index (κ3) is 3.86. The summed E-state index contributed by atoms with van der Waals surface area (Å²) in [6.45, 7) is 2.14. The number of hydrogen-bond donors (Lipinski definition) is 0. The molecule has 2 aromatic carbocycles. The number of aromatic nitrogens is 1. The smallest absolute Gasteiger partial charge is 0.197 e. The summed E-state index contributed by atoms with van der Waals surface area (Å²) in [4.78, 5) is 4.57.